The molecule has 0 radical (unpaired) electrons. The number of alkyl halides is 1. The fraction of sp³-hybridized carbons (Fsp3) is 0.176. The van der Waals surface area contributed by atoms with Gasteiger partial charge in [0.2, 0.25) is 15.7 Å². The van der Waals surface area contributed by atoms with Crippen LogP contribution in [-0.4, -0.2) is 32.6 Å². The number of carbonyl (C=O) groups excluding carboxylic acids is 1. The number of hydrogen-bond acceptors (Lipinski definition) is 5. The standard InChI is InChI=1S/C17H15FIN3O4S/c1-22(27(2,24)25)16-10(8-19)7-12-13(15(20)23)14(26-17(12)21-16)9-3-5-11(18)6-4-9/h3-7H,8H2,1-2H3,(H2,20,23). The number of hydrogen-bond donors (Lipinski definition) is 1. The second kappa shape index (κ2) is 7.08. The number of furan rings is 1. The number of halogens is 2. The van der Waals surface area contributed by atoms with Crippen LogP contribution < -0.4 is 10.0 Å². The Kier molecular flexibility index (Phi) is 5.12. The first-order chi connectivity index (χ1) is 12.6. The number of rotatable bonds is 5. The van der Waals surface area contributed by atoms with Crippen LogP contribution in [0.4, 0.5) is 10.2 Å². The molecule has 0 atom stereocenters. The van der Waals surface area contributed by atoms with Crippen LogP contribution in [0, 0.1) is 5.82 Å². The van der Waals surface area contributed by atoms with Gasteiger partial charge in [-0.25, -0.2) is 12.8 Å². The highest BCUT2D eigenvalue weighted by molar-refractivity contribution is 14.1. The van der Waals surface area contributed by atoms with Gasteiger partial charge >= 0.3 is 0 Å². The van der Waals surface area contributed by atoms with Crippen LogP contribution in [0.1, 0.15) is 15.9 Å². The summed E-state index contributed by atoms with van der Waals surface area (Å²) in [6.07, 6.45) is 1.07. The molecule has 0 saturated carbocycles. The summed E-state index contributed by atoms with van der Waals surface area (Å²) < 4.78 is 44.3. The summed E-state index contributed by atoms with van der Waals surface area (Å²) in [5, 5.41) is 0.374. The van der Waals surface area contributed by atoms with E-state index in [-0.39, 0.29) is 22.9 Å². The fourth-order valence-corrected chi connectivity index (χ4v) is 3.67. The Hall–Kier alpha value is -2.21. The summed E-state index contributed by atoms with van der Waals surface area (Å²) in [5.74, 6) is -0.797. The summed E-state index contributed by atoms with van der Waals surface area (Å²) in [6, 6.07) is 7.03. The highest BCUT2D eigenvalue weighted by Gasteiger charge is 2.25. The van der Waals surface area contributed by atoms with Crippen molar-refractivity contribution in [2.24, 2.45) is 5.73 Å². The average Bonchev–Trinajstić information content (AvgIpc) is 2.98. The number of nitrogens with two attached hydrogens (primary N) is 1. The zero-order valence-electron chi connectivity index (χ0n) is 14.4. The van der Waals surface area contributed by atoms with Crippen LogP contribution in [0.25, 0.3) is 22.4 Å². The maximum absolute atomic E-state index is 13.2. The van der Waals surface area contributed by atoms with Crippen molar-refractivity contribution in [1.82, 2.24) is 4.98 Å². The number of anilines is 1. The fourth-order valence-electron chi connectivity index (χ4n) is 2.63. The van der Waals surface area contributed by atoms with Gasteiger partial charge in [-0.1, -0.05) is 22.6 Å². The summed E-state index contributed by atoms with van der Waals surface area (Å²) in [4.78, 5) is 16.4. The SMILES string of the molecule is CN(c1nc2oc(-c3ccc(F)cc3)c(C(N)=O)c2cc1CI)S(C)(=O)=O. The van der Waals surface area contributed by atoms with Gasteiger partial charge in [0.15, 0.2) is 0 Å². The van der Waals surface area contributed by atoms with Gasteiger partial charge in [0, 0.05) is 22.6 Å². The number of nitrogens with zero attached hydrogens (tertiary/aromatic N) is 2. The molecule has 27 heavy (non-hydrogen) atoms. The Bertz CT molecular complexity index is 1140. The molecule has 3 aromatic rings. The van der Waals surface area contributed by atoms with E-state index in [9.17, 15) is 17.6 Å². The summed E-state index contributed by atoms with van der Waals surface area (Å²) in [7, 11) is -2.15. The number of fused-ring (bicyclic) bond motifs is 1. The van der Waals surface area contributed by atoms with Gasteiger partial charge in [-0.05, 0) is 30.3 Å². The van der Waals surface area contributed by atoms with E-state index in [1.54, 1.807) is 6.07 Å². The third kappa shape index (κ3) is 3.63. The third-order valence-electron chi connectivity index (χ3n) is 4.03. The summed E-state index contributed by atoms with van der Waals surface area (Å²) >= 11 is 2.07. The summed E-state index contributed by atoms with van der Waals surface area (Å²) in [6.45, 7) is 0. The predicted molar refractivity (Wildman–Crippen MR) is 109 cm³/mol. The van der Waals surface area contributed by atoms with E-state index >= 15 is 0 Å². The van der Waals surface area contributed by atoms with Crippen LogP contribution in [0.5, 0.6) is 0 Å². The topological polar surface area (TPSA) is 106 Å². The zero-order chi connectivity index (χ0) is 19.9. The number of primary amides is 1. The van der Waals surface area contributed by atoms with Crippen LogP contribution in [0.2, 0.25) is 0 Å². The Balaban J connectivity index is 2.32. The smallest absolute Gasteiger partial charge is 0.253 e. The summed E-state index contributed by atoms with van der Waals surface area (Å²) in [5.41, 5.74) is 6.79. The number of carbonyl (C=O) groups is 1. The van der Waals surface area contributed by atoms with Gasteiger partial charge in [0.25, 0.3) is 5.91 Å². The normalized spacial score (nSPS) is 11.7. The molecule has 0 spiro atoms. The molecule has 7 nitrogen and oxygen atoms in total. The van der Waals surface area contributed by atoms with Gasteiger partial charge in [0.1, 0.15) is 17.4 Å². The number of amides is 1. The first kappa shape index (κ1) is 19.5. The second-order valence-corrected chi connectivity index (χ2v) is 8.64. The van der Waals surface area contributed by atoms with E-state index in [0.29, 0.717) is 20.9 Å². The molecule has 1 amide bonds. The lowest BCUT2D eigenvalue weighted by atomic mass is 10.0. The minimum Gasteiger partial charge on any atom is -0.437 e. The highest BCUT2D eigenvalue weighted by Crippen LogP contribution is 2.36. The van der Waals surface area contributed by atoms with Crippen molar-refractivity contribution in [3.05, 3.63) is 47.3 Å². The lowest BCUT2D eigenvalue weighted by molar-refractivity contribution is 0.100. The van der Waals surface area contributed by atoms with Crippen molar-refractivity contribution in [1.29, 1.82) is 0 Å². The van der Waals surface area contributed by atoms with Crippen molar-refractivity contribution in [3.8, 4) is 11.3 Å². The lowest BCUT2D eigenvalue weighted by Gasteiger charge is -2.18. The maximum Gasteiger partial charge on any atom is 0.253 e. The largest absolute Gasteiger partial charge is 0.437 e. The molecule has 0 fully saturated rings. The molecule has 3 rings (SSSR count). The molecule has 0 bridgehead atoms. The molecule has 0 aliphatic heterocycles. The monoisotopic (exact) mass is 503 g/mol. The van der Waals surface area contributed by atoms with E-state index in [1.165, 1.54) is 31.3 Å². The van der Waals surface area contributed by atoms with Crippen LogP contribution in [0.3, 0.4) is 0 Å². The van der Waals surface area contributed by atoms with Gasteiger partial charge in [-0.3, -0.25) is 9.10 Å². The van der Waals surface area contributed by atoms with Gasteiger partial charge in [-0.15, -0.1) is 0 Å². The molecule has 2 heterocycles. The van der Waals surface area contributed by atoms with Crippen LogP contribution in [0.15, 0.2) is 34.7 Å². The highest BCUT2D eigenvalue weighted by atomic mass is 127. The second-order valence-electron chi connectivity index (χ2n) is 5.87. The van der Waals surface area contributed by atoms with Crippen LogP contribution in [-0.2, 0) is 14.5 Å². The third-order valence-corrected chi connectivity index (χ3v) is 6.02. The van der Waals surface area contributed by atoms with Crippen molar-refractivity contribution in [3.63, 3.8) is 0 Å². The first-order valence-electron chi connectivity index (χ1n) is 7.65. The van der Waals surface area contributed by atoms with Gasteiger partial charge in [-0.2, -0.15) is 4.98 Å². The van der Waals surface area contributed by atoms with Crippen molar-refractivity contribution < 1.29 is 22.0 Å². The van der Waals surface area contributed by atoms with Crippen LogP contribution >= 0.6 is 22.6 Å². The molecule has 0 unspecified atom stereocenters. The number of sulfonamides is 1. The zero-order valence-corrected chi connectivity index (χ0v) is 17.3. The molecular formula is C17H15FIN3O4S. The van der Waals surface area contributed by atoms with E-state index in [2.05, 4.69) is 27.6 Å². The number of aromatic nitrogens is 1. The Labute approximate surface area is 168 Å². The first-order valence-corrected chi connectivity index (χ1v) is 11.0. The Morgan fingerprint density at radius 2 is 1.96 bits per heavy atom. The van der Waals surface area contributed by atoms with E-state index in [0.717, 1.165) is 10.6 Å². The molecule has 2 aromatic heterocycles. The molecule has 1 aromatic carbocycles. The molecule has 10 heteroatoms. The molecule has 0 aliphatic rings. The van der Waals surface area contributed by atoms with Crippen molar-refractivity contribution in [2.45, 2.75) is 4.43 Å². The van der Waals surface area contributed by atoms with E-state index in [1.807, 2.05) is 0 Å². The Morgan fingerprint density at radius 1 is 1.33 bits per heavy atom. The van der Waals surface area contributed by atoms with Crippen molar-refractivity contribution in [2.75, 3.05) is 17.6 Å². The average molecular weight is 503 g/mol. The number of benzene rings is 1. The van der Waals surface area contributed by atoms with Gasteiger partial charge in [0.05, 0.1) is 17.2 Å². The van der Waals surface area contributed by atoms with E-state index in [4.69, 9.17) is 10.2 Å². The molecule has 2 N–H and O–H groups in total. The lowest BCUT2D eigenvalue weighted by Crippen LogP contribution is -2.26. The minimum atomic E-state index is -3.54. The molecular weight excluding hydrogens is 488 g/mol. The predicted octanol–water partition coefficient (Wildman–Crippen LogP) is 3.06. The molecule has 0 saturated heterocycles. The molecule has 0 aliphatic carbocycles. The molecule has 142 valence electrons. The van der Waals surface area contributed by atoms with Crippen molar-refractivity contribution >= 4 is 55.4 Å². The number of pyridine rings is 1. The van der Waals surface area contributed by atoms with Gasteiger partial charge < -0.3 is 10.2 Å². The Morgan fingerprint density at radius 3 is 2.48 bits per heavy atom. The van der Waals surface area contributed by atoms with E-state index < -0.39 is 21.7 Å². The quantitative estimate of drug-likeness (QED) is 0.426. The minimum absolute atomic E-state index is 0.0715. The maximum atomic E-state index is 13.2.